The van der Waals surface area contributed by atoms with Crippen LogP contribution < -0.4 is 4.74 Å². The molecule has 4 heteroatoms. The molecule has 0 radical (unpaired) electrons. The van der Waals surface area contributed by atoms with E-state index >= 15 is 0 Å². The third kappa shape index (κ3) is 5.00. The highest BCUT2D eigenvalue weighted by Crippen LogP contribution is 2.52. The fourth-order valence-electron chi connectivity index (χ4n) is 6.03. The van der Waals surface area contributed by atoms with Crippen LogP contribution in [0, 0.1) is 11.8 Å². The number of aryl methyl sites for hydroxylation is 1. The summed E-state index contributed by atoms with van der Waals surface area (Å²) >= 11 is 0. The summed E-state index contributed by atoms with van der Waals surface area (Å²) < 4.78 is 6.20. The summed E-state index contributed by atoms with van der Waals surface area (Å²) in [6, 6.07) is 2.12. The van der Waals surface area contributed by atoms with E-state index in [0.29, 0.717) is 12.3 Å². The minimum absolute atomic E-state index is 0.0952. The van der Waals surface area contributed by atoms with Crippen molar-refractivity contribution in [1.29, 1.82) is 0 Å². The van der Waals surface area contributed by atoms with Crippen molar-refractivity contribution in [2.24, 2.45) is 11.8 Å². The second kappa shape index (κ2) is 10.4. The molecule has 2 aliphatic carbocycles. The Morgan fingerprint density at radius 1 is 1.21 bits per heavy atom. The minimum atomic E-state index is 0.0952. The van der Waals surface area contributed by atoms with Gasteiger partial charge in [-0.25, -0.2) is 0 Å². The molecule has 1 aromatic rings. The van der Waals surface area contributed by atoms with Gasteiger partial charge in [0.05, 0.1) is 0 Å². The van der Waals surface area contributed by atoms with Crippen LogP contribution in [0.3, 0.4) is 0 Å². The molecule has 0 saturated heterocycles. The van der Waals surface area contributed by atoms with Crippen molar-refractivity contribution in [3.63, 3.8) is 0 Å². The van der Waals surface area contributed by atoms with Gasteiger partial charge in [0.15, 0.2) is 0 Å². The van der Waals surface area contributed by atoms with Crippen LogP contribution in [0.2, 0.25) is 0 Å². The van der Waals surface area contributed by atoms with Crippen molar-refractivity contribution in [3.8, 4) is 11.5 Å². The standard InChI is InChI=1S/C29H41NO3/c1-5-6-8-13-22-17-26-27(24-16-19(2)14-15-23(24)20(3)33-26)28(31)25(22)18-30(4)29(32)21-11-9-7-10-12-21/h16-17,21,23-24,31H,3,5-15,18H2,1-2,4H3. The van der Waals surface area contributed by atoms with E-state index in [-0.39, 0.29) is 23.7 Å². The second-order valence-electron chi connectivity index (χ2n) is 10.5. The second-order valence-corrected chi connectivity index (χ2v) is 10.5. The fourth-order valence-corrected chi connectivity index (χ4v) is 6.03. The summed E-state index contributed by atoms with van der Waals surface area (Å²) in [5.41, 5.74) is 4.25. The van der Waals surface area contributed by atoms with Gasteiger partial charge in [0.2, 0.25) is 5.91 Å². The fraction of sp³-hybridized carbons (Fsp3) is 0.621. The molecule has 2 unspecified atom stereocenters. The van der Waals surface area contributed by atoms with Crippen LogP contribution in [-0.2, 0) is 17.8 Å². The maximum atomic E-state index is 13.2. The Bertz CT molecular complexity index is 925. The zero-order valence-corrected chi connectivity index (χ0v) is 20.8. The van der Waals surface area contributed by atoms with Crippen molar-refractivity contribution in [1.82, 2.24) is 4.90 Å². The molecule has 1 saturated carbocycles. The Balaban J connectivity index is 1.70. The predicted molar refractivity (Wildman–Crippen MR) is 133 cm³/mol. The van der Waals surface area contributed by atoms with E-state index in [4.69, 9.17) is 4.74 Å². The molecule has 3 aliphatic rings. The van der Waals surface area contributed by atoms with E-state index in [1.807, 2.05) is 11.9 Å². The number of aromatic hydroxyl groups is 1. The number of nitrogens with zero attached hydrogens (tertiary/aromatic N) is 1. The molecular formula is C29H41NO3. The third-order valence-electron chi connectivity index (χ3n) is 8.01. The van der Waals surface area contributed by atoms with Gasteiger partial charge in [-0.2, -0.15) is 0 Å². The Kier molecular flexibility index (Phi) is 7.51. The lowest BCUT2D eigenvalue weighted by Crippen LogP contribution is -2.34. The van der Waals surface area contributed by atoms with E-state index in [2.05, 4.69) is 32.6 Å². The van der Waals surface area contributed by atoms with E-state index < -0.39 is 0 Å². The number of carbonyl (C=O) groups is 1. The van der Waals surface area contributed by atoms with Gasteiger partial charge in [0, 0.05) is 42.5 Å². The summed E-state index contributed by atoms with van der Waals surface area (Å²) in [7, 11) is 1.90. The number of hydrogen-bond acceptors (Lipinski definition) is 3. The van der Waals surface area contributed by atoms with Crippen LogP contribution in [-0.4, -0.2) is 23.0 Å². The molecule has 0 spiro atoms. The molecule has 1 heterocycles. The highest BCUT2D eigenvalue weighted by molar-refractivity contribution is 5.79. The lowest BCUT2D eigenvalue weighted by Gasteiger charge is -2.38. The van der Waals surface area contributed by atoms with Crippen molar-refractivity contribution < 1.29 is 14.6 Å². The number of ether oxygens (including phenoxy) is 1. The Morgan fingerprint density at radius 2 is 1.97 bits per heavy atom. The Morgan fingerprint density at radius 3 is 2.70 bits per heavy atom. The SMILES string of the molecule is C=C1Oc2cc(CCCCC)c(CN(C)C(=O)C3CCCCC3)c(O)c2C2C=C(C)CCC12. The molecule has 1 aliphatic heterocycles. The van der Waals surface area contributed by atoms with E-state index in [0.717, 1.165) is 92.4 Å². The van der Waals surface area contributed by atoms with Crippen LogP contribution in [0.5, 0.6) is 11.5 Å². The summed E-state index contributed by atoms with van der Waals surface area (Å²) in [4.78, 5) is 15.0. The number of benzene rings is 1. The molecule has 0 bridgehead atoms. The van der Waals surface area contributed by atoms with Gasteiger partial charge in [-0.3, -0.25) is 4.79 Å². The summed E-state index contributed by atoms with van der Waals surface area (Å²) in [6.07, 6.45) is 14.1. The van der Waals surface area contributed by atoms with Gasteiger partial charge >= 0.3 is 0 Å². The van der Waals surface area contributed by atoms with Crippen molar-refractivity contribution in [3.05, 3.63) is 46.7 Å². The first-order valence-electron chi connectivity index (χ1n) is 13.1. The lowest BCUT2D eigenvalue weighted by molar-refractivity contribution is -0.135. The maximum Gasteiger partial charge on any atom is 0.225 e. The van der Waals surface area contributed by atoms with Crippen LogP contribution in [0.1, 0.15) is 101 Å². The number of fused-ring (bicyclic) bond motifs is 3. The number of phenols is 1. The van der Waals surface area contributed by atoms with E-state index in [9.17, 15) is 9.90 Å². The highest BCUT2D eigenvalue weighted by Gasteiger charge is 2.38. The molecule has 33 heavy (non-hydrogen) atoms. The molecular weight excluding hydrogens is 410 g/mol. The van der Waals surface area contributed by atoms with Crippen LogP contribution in [0.15, 0.2) is 30.1 Å². The molecule has 1 aromatic carbocycles. The van der Waals surface area contributed by atoms with Crippen molar-refractivity contribution in [2.45, 2.75) is 96.9 Å². The highest BCUT2D eigenvalue weighted by atomic mass is 16.5. The topological polar surface area (TPSA) is 49.8 Å². The largest absolute Gasteiger partial charge is 0.507 e. The number of unbranched alkanes of at least 4 members (excludes halogenated alkanes) is 2. The summed E-state index contributed by atoms with van der Waals surface area (Å²) in [6.45, 7) is 9.04. The van der Waals surface area contributed by atoms with E-state index in [1.54, 1.807) is 0 Å². The molecule has 4 rings (SSSR count). The zero-order valence-electron chi connectivity index (χ0n) is 20.8. The van der Waals surface area contributed by atoms with Gasteiger partial charge in [0.25, 0.3) is 0 Å². The number of hydrogen-bond donors (Lipinski definition) is 1. The van der Waals surface area contributed by atoms with Crippen molar-refractivity contribution >= 4 is 5.91 Å². The zero-order chi connectivity index (χ0) is 23.5. The first-order valence-corrected chi connectivity index (χ1v) is 13.1. The van der Waals surface area contributed by atoms with Gasteiger partial charge in [-0.1, -0.05) is 57.3 Å². The molecule has 2 atom stereocenters. The molecule has 180 valence electrons. The normalized spacial score (nSPS) is 22.8. The Labute approximate surface area is 199 Å². The van der Waals surface area contributed by atoms with Crippen LogP contribution >= 0.6 is 0 Å². The monoisotopic (exact) mass is 451 g/mol. The quantitative estimate of drug-likeness (QED) is 0.358. The summed E-state index contributed by atoms with van der Waals surface area (Å²) in [5, 5.41) is 11.6. The number of carbonyl (C=O) groups excluding carboxylic acids is 1. The Hall–Kier alpha value is -2.23. The average Bonchev–Trinajstić information content (AvgIpc) is 2.81. The predicted octanol–water partition coefficient (Wildman–Crippen LogP) is 7.01. The molecule has 0 aromatic heterocycles. The van der Waals surface area contributed by atoms with Gasteiger partial charge < -0.3 is 14.7 Å². The first kappa shape index (κ1) is 23.9. The molecule has 1 fully saturated rings. The van der Waals surface area contributed by atoms with Crippen LogP contribution in [0.25, 0.3) is 0 Å². The number of allylic oxidation sites excluding steroid dienone is 3. The maximum absolute atomic E-state index is 13.2. The summed E-state index contributed by atoms with van der Waals surface area (Å²) in [5.74, 6) is 2.55. The average molecular weight is 452 g/mol. The first-order chi connectivity index (χ1) is 15.9. The van der Waals surface area contributed by atoms with Gasteiger partial charge in [0.1, 0.15) is 17.3 Å². The number of rotatable bonds is 7. The number of phenolic OH excluding ortho intramolecular Hbond substituents is 1. The van der Waals surface area contributed by atoms with Gasteiger partial charge in [-0.05, 0) is 57.1 Å². The molecule has 1 N–H and O–H groups in total. The third-order valence-corrected chi connectivity index (χ3v) is 8.01. The van der Waals surface area contributed by atoms with Crippen molar-refractivity contribution in [2.75, 3.05) is 7.05 Å². The molecule has 1 amide bonds. The smallest absolute Gasteiger partial charge is 0.225 e. The molecule has 4 nitrogen and oxygen atoms in total. The number of amides is 1. The minimum Gasteiger partial charge on any atom is -0.507 e. The van der Waals surface area contributed by atoms with E-state index in [1.165, 1.54) is 12.0 Å². The lowest BCUT2D eigenvalue weighted by atomic mass is 9.73. The van der Waals surface area contributed by atoms with Gasteiger partial charge in [-0.15, -0.1) is 0 Å². The van der Waals surface area contributed by atoms with Crippen LogP contribution in [0.4, 0.5) is 0 Å².